The number of allylic oxidation sites excluding steroid dienone is 2. The van der Waals surface area contributed by atoms with E-state index in [0.29, 0.717) is 6.54 Å². The van der Waals surface area contributed by atoms with Gasteiger partial charge in [0.1, 0.15) is 0 Å². The molecule has 2 aromatic carbocycles. The highest BCUT2D eigenvalue weighted by atomic mass is 79.9. The van der Waals surface area contributed by atoms with Crippen LogP contribution in [-0.2, 0) is 11.3 Å². The molecule has 124 valence electrons. The maximum Gasteiger partial charge on any atom is 0.224 e. The number of rotatable bonds is 4. The predicted octanol–water partition coefficient (Wildman–Crippen LogP) is 5.21. The molecule has 2 nitrogen and oxygen atoms in total. The molecule has 2 atom stereocenters. The van der Waals surface area contributed by atoms with Crippen LogP contribution in [0.1, 0.15) is 36.8 Å². The lowest BCUT2D eigenvalue weighted by atomic mass is 9.75. The van der Waals surface area contributed by atoms with Crippen molar-refractivity contribution in [1.29, 1.82) is 0 Å². The van der Waals surface area contributed by atoms with Gasteiger partial charge in [-0.1, -0.05) is 70.0 Å². The first kappa shape index (κ1) is 17.0. The maximum absolute atomic E-state index is 12.8. The molecule has 1 aliphatic rings. The Morgan fingerprint density at radius 1 is 1.12 bits per heavy atom. The summed E-state index contributed by atoms with van der Waals surface area (Å²) in [5.74, 6) is 0.396. The van der Waals surface area contributed by atoms with Crippen LogP contribution in [0.2, 0.25) is 0 Å². The fourth-order valence-corrected chi connectivity index (χ4v) is 3.60. The standard InChI is InChI=1S/C21H22BrNO/c1-15-7-12-19(20(13-15)17-8-10-18(22)11-9-17)21(24)23-14-16-5-3-2-4-6-16/h2-11,19-20H,12-14H2,1H3,(H,23,24)/t19-,20-/m0/s1. The molecule has 0 fully saturated rings. The summed E-state index contributed by atoms with van der Waals surface area (Å²) in [6.07, 6.45) is 3.97. The second kappa shape index (κ2) is 7.80. The van der Waals surface area contributed by atoms with E-state index < -0.39 is 0 Å². The third-order valence-electron chi connectivity index (χ3n) is 4.69. The van der Waals surface area contributed by atoms with E-state index >= 15 is 0 Å². The molecule has 0 bridgehead atoms. The SMILES string of the molecule is CC1=CC[C@H](C(=O)NCc2ccccc2)[C@H](c2ccc(Br)cc2)C1. The normalized spacial score (nSPS) is 20.3. The molecule has 1 aliphatic carbocycles. The minimum absolute atomic E-state index is 0.00131. The van der Waals surface area contributed by atoms with Crippen molar-refractivity contribution >= 4 is 21.8 Å². The zero-order valence-corrected chi connectivity index (χ0v) is 15.4. The fraction of sp³-hybridized carbons (Fsp3) is 0.286. The van der Waals surface area contributed by atoms with Crippen molar-refractivity contribution in [2.45, 2.75) is 32.2 Å². The third-order valence-corrected chi connectivity index (χ3v) is 5.22. The van der Waals surface area contributed by atoms with Gasteiger partial charge >= 0.3 is 0 Å². The molecule has 1 amide bonds. The largest absolute Gasteiger partial charge is 0.352 e. The maximum atomic E-state index is 12.8. The Bertz CT molecular complexity index is 721. The lowest BCUT2D eigenvalue weighted by molar-refractivity contribution is -0.126. The molecular formula is C21H22BrNO. The molecule has 0 aliphatic heterocycles. The summed E-state index contributed by atoms with van der Waals surface area (Å²) in [6.45, 7) is 2.75. The molecule has 0 unspecified atom stereocenters. The summed E-state index contributed by atoms with van der Waals surface area (Å²) in [6, 6.07) is 18.4. The van der Waals surface area contributed by atoms with Crippen LogP contribution in [0.3, 0.4) is 0 Å². The number of carbonyl (C=O) groups is 1. The topological polar surface area (TPSA) is 29.1 Å². The van der Waals surface area contributed by atoms with Crippen molar-refractivity contribution in [3.05, 3.63) is 81.8 Å². The molecule has 3 heteroatoms. The lowest BCUT2D eigenvalue weighted by Gasteiger charge is -2.30. The highest BCUT2D eigenvalue weighted by Gasteiger charge is 2.31. The highest BCUT2D eigenvalue weighted by molar-refractivity contribution is 9.10. The molecule has 0 spiro atoms. The first-order valence-corrected chi connectivity index (χ1v) is 9.15. The minimum atomic E-state index is -0.00131. The number of carbonyl (C=O) groups excluding carboxylic acids is 1. The van der Waals surface area contributed by atoms with Gasteiger partial charge in [-0.05, 0) is 48.9 Å². The number of nitrogens with one attached hydrogen (secondary N) is 1. The van der Waals surface area contributed by atoms with Crippen LogP contribution >= 0.6 is 15.9 Å². The van der Waals surface area contributed by atoms with Crippen molar-refractivity contribution < 1.29 is 4.79 Å². The molecule has 0 heterocycles. The fourth-order valence-electron chi connectivity index (χ4n) is 3.33. The van der Waals surface area contributed by atoms with E-state index in [-0.39, 0.29) is 17.7 Å². The summed E-state index contributed by atoms with van der Waals surface area (Å²) in [5, 5.41) is 3.12. The molecule has 2 aromatic rings. The van der Waals surface area contributed by atoms with Gasteiger partial charge in [-0.3, -0.25) is 4.79 Å². The lowest BCUT2D eigenvalue weighted by Crippen LogP contribution is -2.35. The van der Waals surface area contributed by atoms with Gasteiger partial charge in [0.15, 0.2) is 0 Å². The first-order valence-electron chi connectivity index (χ1n) is 8.36. The van der Waals surface area contributed by atoms with E-state index in [1.165, 1.54) is 11.1 Å². The molecule has 0 aromatic heterocycles. The summed E-state index contributed by atoms with van der Waals surface area (Å²) in [4.78, 5) is 12.8. The molecule has 0 saturated carbocycles. The number of amides is 1. The van der Waals surface area contributed by atoms with Crippen molar-refractivity contribution in [2.24, 2.45) is 5.92 Å². The van der Waals surface area contributed by atoms with Gasteiger partial charge in [0.05, 0.1) is 0 Å². The number of benzene rings is 2. The summed E-state index contributed by atoms with van der Waals surface area (Å²) in [7, 11) is 0. The first-order chi connectivity index (χ1) is 11.6. The molecule has 0 saturated heterocycles. The number of hydrogen-bond acceptors (Lipinski definition) is 1. The Kier molecular flexibility index (Phi) is 5.52. The molecule has 3 rings (SSSR count). The van der Waals surface area contributed by atoms with Crippen molar-refractivity contribution in [1.82, 2.24) is 5.32 Å². The van der Waals surface area contributed by atoms with Gasteiger partial charge < -0.3 is 5.32 Å². The smallest absolute Gasteiger partial charge is 0.224 e. The Hall–Kier alpha value is -1.87. The van der Waals surface area contributed by atoms with E-state index in [9.17, 15) is 4.79 Å². The van der Waals surface area contributed by atoms with Crippen molar-refractivity contribution in [3.63, 3.8) is 0 Å². The average Bonchev–Trinajstić information content (AvgIpc) is 2.61. The van der Waals surface area contributed by atoms with E-state index in [0.717, 1.165) is 22.9 Å². The zero-order chi connectivity index (χ0) is 16.9. The molecule has 0 radical (unpaired) electrons. The Morgan fingerprint density at radius 3 is 2.54 bits per heavy atom. The van der Waals surface area contributed by atoms with Gasteiger partial charge in [0, 0.05) is 16.9 Å². The van der Waals surface area contributed by atoms with E-state index in [1.807, 2.05) is 30.3 Å². The third kappa shape index (κ3) is 4.15. The molecule has 1 N–H and O–H groups in total. The summed E-state index contributed by atoms with van der Waals surface area (Å²) in [5.41, 5.74) is 3.74. The van der Waals surface area contributed by atoms with Gasteiger partial charge in [0.2, 0.25) is 5.91 Å². The Labute approximate surface area is 152 Å². The van der Waals surface area contributed by atoms with Crippen molar-refractivity contribution in [3.8, 4) is 0 Å². The van der Waals surface area contributed by atoms with Crippen LogP contribution in [0.15, 0.2) is 70.7 Å². The van der Waals surface area contributed by atoms with E-state index in [2.05, 4.69) is 58.5 Å². The van der Waals surface area contributed by atoms with Gasteiger partial charge in [-0.25, -0.2) is 0 Å². The molecule has 24 heavy (non-hydrogen) atoms. The van der Waals surface area contributed by atoms with Crippen LogP contribution < -0.4 is 5.32 Å². The summed E-state index contributed by atoms with van der Waals surface area (Å²) >= 11 is 3.49. The monoisotopic (exact) mass is 383 g/mol. The second-order valence-corrected chi connectivity index (χ2v) is 7.37. The number of hydrogen-bond donors (Lipinski definition) is 1. The highest BCUT2D eigenvalue weighted by Crippen LogP contribution is 2.38. The summed E-state index contributed by atoms with van der Waals surface area (Å²) < 4.78 is 1.07. The number of halogens is 1. The van der Waals surface area contributed by atoms with Crippen LogP contribution in [-0.4, -0.2) is 5.91 Å². The Morgan fingerprint density at radius 2 is 1.83 bits per heavy atom. The zero-order valence-electron chi connectivity index (χ0n) is 13.8. The van der Waals surface area contributed by atoms with Gasteiger partial charge in [-0.15, -0.1) is 0 Å². The quantitative estimate of drug-likeness (QED) is 0.721. The minimum Gasteiger partial charge on any atom is -0.352 e. The van der Waals surface area contributed by atoms with E-state index in [4.69, 9.17) is 0 Å². The second-order valence-electron chi connectivity index (χ2n) is 6.46. The van der Waals surface area contributed by atoms with Crippen LogP contribution in [0.25, 0.3) is 0 Å². The van der Waals surface area contributed by atoms with Crippen molar-refractivity contribution in [2.75, 3.05) is 0 Å². The average molecular weight is 384 g/mol. The van der Waals surface area contributed by atoms with Crippen LogP contribution in [0, 0.1) is 5.92 Å². The van der Waals surface area contributed by atoms with Gasteiger partial charge in [0.25, 0.3) is 0 Å². The Balaban J connectivity index is 1.73. The van der Waals surface area contributed by atoms with Crippen LogP contribution in [0.5, 0.6) is 0 Å². The van der Waals surface area contributed by atoms with E-state index in [1.54, 1.807) is 0 Å². The molecular weight excluding hydrogens is 362 g/mol. The van der Waals surface area contributed by atoms with Gasteiger partial charge in [-0.2, -0.15) is 0 Å². The predicted molar refractivity (Wildman–Crippen MR) is 102 cm³/mol. The van der Waals surface area contributed by atoms with Crippen LogP contribution in [0.4, 0.5) is 0 Å².